The fourth-order valence-electron chi connectivity index (χ4n) is 1.86. The molecule has 0 saturated heterocycles. The summed E-state index contributed by atoms with van der Waals surface area (Å²) in [5, 5.41) is 8.68. The predicted molar refractivity (Wildman–Crippen MR) is 77.3 cm³/mol. The molecule has 1 heterocycles. The Kier molecular flexibility index (Phi) is 5.90. The van der Waals surface area contributed by atoms with Gasteiger partial charge < -0.3 is 10.0 Å². The van der Waals surface area contributed by atoms with Crippen molar-refractivity contribution in [3.63, 3.8) is 0 Å². The van der Waals surface area contributed by atoms with Gasteiger partial charge in [-0.2, -0.15) is 0 Å². The van der Waals surface area contributed by atoms with Crippen LogP contribution in [0.5, 0.6) is 0 Å². The fourth-order valence-corrected chi connectivity index (χ4v) is 1.86. The third-order valence-corrected chi connectivity index (χ3v) is 2.74. The molecule has 0 aromatic carbocycles. The molecule has 1 amide bonds. The van der Waals surface area contributed by atoms with E-state index in [1.807, 2.05) is 20.8 Å². The summed E-state index contributed by atoms with van der Waals surface area (Å²) in [5.41, 5.74) is 0.988. The van der Waals surface area contributed by atoms with Crippen molar-refractivity contribution in [3.05, 3.63) is 35.7 Å². The number of carboxylic acids is 1. The summed E-state index contributed by atoms with van der Waals surface area (Å²) in [6, 6.07) is 1.62. The number of rotatable bonds is 6. The molecular weight excluding hydrogens is 256 g/mol. The van der Waals surface area contributed by atoms with Crippen molar-refractivity contribution in [2.75, 3.05) is 13.1 Å². The first-order valence-electron chi connectivity index (χ1n) is 6.60. The number of hydrogen-bond acceptors (Lipinski definition) is 3. The zero-order valence-electron chi connectivity index (χ0n) is 12.0. The number of carbonyl (C=O) groups is 2. The predicted octanol–water partition coefficient (Wildman–Crippen LogP) is 2.30. The topological polar surface area (TPSA) is 70.5 Å². The molecule has 0 bridgehead atoms. The molecule has 108 valence electrons. The van der Waals surface area contributed by atoms with Crippen LogP contribution in [0.15, 0.2) is 24.5 Å². The van der Waals surface area contributed by atoms with E-state index in [0.717, 1.165) is 6.08 Å². The molecule has 0 aliphatic rings. The molecule has 0 aliphatic heterocycles. The lowest BCUT2D eigenvalue weighted by molar-refractivity contribution is -0.131. The molecular formula is C15H20N2O3. The third-order valence-electron chi connectivity index (χ3n) is 2.74. The first-order chi connectivity index (χ1) is 9.45. The molecule has 1 rings (SSSR count). The number of carbonyl (C=O) groups excluding carboxylic acids is 1. The zero-order valence-corrected chi connectivity index (χ0v) is 12.0. The SMILES string of the molecule is CCN(CC(C)C)C(=O)c1ccncc1C=CC(=O)O. The minimum Gasteiger partial charge on any atom is -0.478 e. The van der Waals surface area contributed by atoms with E-state index in [9.17, 15) is 9.59 Å². The highest BCUT2D eigenvalue weighted by Crippen LogP contribution is 2.13. The van der Waals surface area contributed by atoms with Gasteiger partial charge in [-0.3, -0.25) is 9.78 Å². The van der Waals surface area contributed by atoms with Crippen LogP contribution in [0.25, 0.3) is 6.08 Å². The van der Waals surface area contributed by atoms with Crippen molar-refractivity contribution in [1.82, 2.24) is 9.88 Å². The van der Waals surface area contributed by atoms with Crippen molar-refractivity contribution in [3.8, 4) is 0 Å². The monoisotopic (exact) mass is 276 g/mol. The van der Waals surface area contributed by atoms with Crippen LogP contribution in [0, 0.1) is 5.92 Å². The van der Waals surface area contributed by atoms with Crippen LogP contribution in [0.2, 0.25) is 0 Å². The van der Waals surface area contributed by atoms with Gasteiger partial charge in [0, 0.05) is 42.7 Å². The van der Waals surface area contributed by atoms with Gasteiger partial charge in [0.25, 0.3) is 5.91 Å². The van der Waals surface area contributed by atoms with E-state index in [2.05, 4.69) is 4.98 Å². The maximum absolute atomic E-state index is 12.5. The summed E-state index contributed by atoms with van der Waals surface area (Å²) in [6.45, 7) is 7.30. The molecule has 5 nitrogen and oxygen atoms in total. The Morgan fingerprint density at radius 1 is 1.45 bits per heavy atom. The van der Waals surface area contributed by atoms with E-state index in [1.54, 1.807) is 11.0 Å². The van der Waals surface area contributed by atoms with Crippen LogP contribution in [0.3, 0.4) is 0 Å². The zero-order chi connectivity index (χ0) is 15.1. The number of hydrogen-bond donors (Lipinski definition) is 1. The maximum atomic E-state index is 12.5. The second-order valence-electron chi connectivity index (χ2n) is 4.87. The molecule has 1 N–H and O–H groups in total. The second kappa shape index (κ2) is 7.43. The first kappa shape index (κ1) is 15.9. The van der Waals surface area contributed by atoms with Crippen molar-refractivity contribution in [2.45, 2.75) is 20.8 Å². The van der Waals surface area contributed by atoms with Gasteiger partial charge in [0.05, 0.1) is 0 Å². The number of carboxylic acid groups (broad SMARTS) is 1. The van der Waals surface area contributed by atoms with E-state index in [-0.39, 0.29) is 5.91 Å². The molecule has 20 heavy (non-hydrogen) atoms. The van der Waals surface area contributed by atoms with Crippen molar-refractivity contribution in [1.29, 1.82) is 0 Å². The van der Waals surface area contributed by atoms with Crippen molar-refractivity contribution in [2.24, 2.45) is 5.92 Å². The summed E-state index contributed by atoms with van der Waals surface area (Å²) in [6.07, 6.45) is 5.43. The molecule has 0 aliphatic carbocycles. The molecule has 0 unspecified atom stereocenters. The number of nitrogens with zero attached hydrogens (tertiary/aromatic N) is 2. The highest BCUT2D eigenvalue weighted by molar-refractivity contribution is 5.98. The van der Waals surface area contributed by atoms with Crippen molar-refractivity contribution >= 4 is 18.0 Å². The standard InChI is InChI=1S/C15H20N2O3/c1-4-17(10-11(2)3)15(20)13-7-8-16-9-12(13)5-6-14(18)19/h5-9,11H,4,10H2,1-3H3,(H,18,19). The molecule has 1 aromatic rings. The van der Waals surface area contributed by atoms with E-state index in [0.29, 0.717) is 30.1 Å². The maximum Gasteiger partial charge on any atom is 0.328 e. The molecule has 5 heteroatoms. The molecule has 0 radical (unpaired) electrons. The Morgan fingerprint density at radius 3 is 2.70 bits per heavy atom. The highest BCUT2D eigenvalue weighted by atomic mass is 16.4. The van der Waals surface area contributed by atoms with E-state index >= 15 is 0 Å². The van der Waals surface area contributed by atoms with E-state index < -0.39 is 5.97 Å². The number of aromatic nitrogens is 1. The Hall–Kier alpha value is -2.17. The van der Waals surface area contributed by atoms with Crippen LogP contribution in [-0.4, -0.2) is 40.0 Å². The van der Waals surface area contributed by atoms with Crippen LogP contribution >= 0.6 is 0 Å². The van der Waals surface area contributed by atoms with Crippen LogP contribution < -0.4 is 0 Å². The van der Waals surface area contributed by atoms with Crippen LogP contribution in [-0.2, 0) is 4.79 Å². The van der Waals surface area contributed by atoms with Gasteiger partial charge in [-0.1, -0.05) is 13.8 Å². The first-order valence-corrected chi connectivity index (χ1v) is 6.60. The van der Waals surface area contributed by atoms with Gasteiger partial charge in [-0.25, -0.2) is 4.79 Å². The summed E-state index contributed by atoms with van der Waals surface area (Å²) < 4.78 is 0. The smallest absolute Gasteiger partial charge is 0.328 e. The quantitative estimate of drug-likeness (QED) is 0.809. The number of amides is 1. The van der Waals surface area contributed by atoms with Gasteiger partial charge in [0.15, 0.2) is 0 Å². The molecule has 1 aromatic heterocycles. The lowest BCUT2D eigenvalue weighted by Gasteiger charge is -2.23. The lowest BCUT2D eigenvalue weighted by atomic mass is 10.1. The normalized spacial score (nSPS) is 11.0. The highest BCUT2D eigenvalue weighted by Gasteiger charge is 2.17. The van der Waals surface area contributed by atoms with Gasteiger partial charge in [0.2, 0.25) is 0 Å². The number of pyridine rings is 1. The number of aliphatic carboxylic acids is 1. The average molecular weight is 276 g/mol. The second-order valence-corrected chi connectivity index (χ2v) is 4.87. The Labute approximate surface area is 118 Å². The van der Waals surface area contributed by atoms with Gasteiger partial charge in [0.1, 0.15) is 0 Å². The minimum absolute atomic E-state index is 0.103. The van der Waals surface area contributed by atoms with Crippen molar-refractivity contribution < 1.29 is 14.7 Å². The Morgan fingerprint density at radius 2 is 2.15 bits per heavy atom. The third kappa shape index (κ3) is 4.50. The fraction of sp³-hybridized carbons (Fsp3) is 0.400. The van der Waals surface area contributed by atoms with E-state index in [4.69, 9.17) is 5.11 Å². The summed E-state index contributed by atoms with van der Waals surface area (Å²) >= 11 is 0. The van der Waals surface area contributed by atoms with Gasteiger partial charge in [-0.05, 0) is 25.0 Å². The van der Waals surface area contributed by atoms with Gasteiger partial charge >= 0.3 is 5.97 Å². The lowest BCUT2D eigenvalue weighted by Crippen LogP contribution is -2.34. The molecule has 0 fully saturated rings. The molecule has 0 saturated carbocycles. The molecule has 0 atom stereocenters. The average Bonchev–Trinajstić information content (AvgIpc) is 2.41. The largest absolute Gasteiger partial charge is 0.478 e. The van der Waals surface area contributed by atoms with Gasteiger partial charge in [-0.15, -0.1) is 0 Å². The summed E-state index contributed by atoms with van der Waals surface area (Å²) in [7, 11) is 0. The summed E-state index contributed by atoms with van der Waals surface area (Å²) in [5.74, 6) is -0.783. The Balaban J connectivity index is 3.05. The van der Waals surface area contributed by atoms with E-state index in [1.165, 1.54) is 18.5 Å². The van der Waals surface area contributed by atoms with Crippen LogP contribution in [0.1, 0.15) is 36.7 Å². The minimum atomic E-state index is -1.05. The van der Waals surface area contributed by atoms with Crippen LogP contribution in [0.4, 0.5) is 0 Å². The summed E-state index contributed by atoms with van der Waals surface area (Å²) in [4.78, 5) is 28.8. The Bertz CT molecular complexity index is 510. The molecule has 0 spiro atoms.